The van der Waals surface area contributed by atoms with Gasteiger partial charge in [-0.25, -0.2) is 9.59 Å². The minimum absolute atomic E-state index is 0.166. The van der Waals surface area contributed by atoms with Crippen molar-refractivity contribution in [3.8, 4) is 0 Å². The fraction of sp³-hybridized carbons (Fsp3) is 0.882. The van der Waals surface area contributed by atoms with E-state index in [1.807, 2.05) is 0 Å². The lowest BCUT2D eigenvalue weighted by molar-refractivity contribution is 0.0505. The zero-order chi connectivity index (χ0) is 15.3. The van der Waals surface area contributed by atoms with Crippen LogP contribution in [0.4, 0.5) is 0 Å². The van der Waals surface area contributed by atoms with E-state index < -0.39 is 5.66 Å². The van der Waals surface area contributed by atoms with Crippen LogP contribution < -0.4 is 0 Å². The molecule has 21 heavy (non-hydrogen) atoms. The van der Waals surface area contributed by atoms with Crippen molar-refractivity contribution < 1.29 is 9.59 Å². The fourth-order valence-corrected chi connectivity index (χ4v) is 4.67. The van der Waals surface area contributed by atoms with Gasteiger partial charge in [0.15, 0.2) is 5.66 Å². The second kappa shape index (κ2) is 7.15. The number of isocyanates is 2. The van der Waals surface area contributed by atoms with E-state index in [1.54, 1.807) is 12.2 Å². The van der Waals surface area contributed by atoms with E-state index in [4.69, 9.17) is 0 Å². The highest BCUT2D eigenvalue weighted by Crippen LogP contribution is 2.49. The molecule has 0 heterocycles. The number of nitrogens with zero attached hydrogens (tertiary/aromatic N) is 2. The number of hydrogen-bond acceptors (Lipinski definition) is 4. The van der Waals surface area contributed by atoms with Crippen LogP contribution in [-0.4, -0.2) is 17.8 Å². The van der Waals surface area contributed by atoms with Gasteiger partial charge in [-0.05, 0) is 24.7 Å². The lowest BCUT2D eigenvalue weighted by Gasteiger charge is -2.46. The minimum Gasteiger partial charge on any atom is -0.211 e. The third kappa shape index (κ3) is 3.17. The highest BCUT2D eigenvalue weighted by Gasteiger charge is 2.50. The third-order valence-corrected chi connectivity index (χ3v) is 5.76. The number of carbonyl (C=O) groups excluding carboxylic acids is 2. The zero-order valence-corrected chi connectivity index (χ0v) is 13.2. The van der Waals surface area contributed by atoms with Gasteiger partial charge in [0.1, 0.15) is 0 Å². The van der Waals surface area contributed by atoms with Gasteiger partial charge in [0.25, 0.3) is 0 Å². The second-order valence-electron chi connectivity index (χ2n) is 6.93. The van der Waals surface area contributed by atoms with Gasteiger partial charge in [-0.1, -0.05) is 52.4 Å². The molecule has 0 radical (unpaired) electrons. The van der Waals surface area contributed by atoms with Crippen molar-refractivity contribution in [1.82, 2.24) is 0 Å². The molecule has 0 bridgehead atoms. The highest BCUT2D eigenvalue weighted by molar-refractivity contribution is 5.40. The Hall–Kier alpha value is -1.24. The Morgan fingerprint density at radius 3 is 1.48 bits per heavy atom. The van der Waals surface area contributed by atoms with E-state index in [0.29, 0.717) is 11.8 Å². The van der Waals surface area contributed by atoms with Gasteiger partial charge in [-0.15, -0.1) is 0 Å². The molecule has 0 spiro atoms. The highest BCUT2D eigenvalue weighted by atomic mass is 16.1. The zero-order valence-electron chi connectivity index (χ0n) is 13.2. The van der Waals surface area contributed by atoms with Crippen molar-refractivity contribution in [2.24, 2.45) is 33.7 Å². The molecular formula is C17H26N2O2. The predicted molar refractivity (Wildman–Crippen MR) is 81.2 cm³/mol. The molecule has 0 aliphatic heterocycles. The van der Waals surface area contributed by atoms with Gasteiger partial charge < -0.3 is 0 Å². The summed E-state index contributed by atoms with van der Waals surface area (Å²) in [5, 5.41) is 0. The van der Waals surface area contributed by atoms with Gasteiger partial charge in [-0.3, -0.25) is 0 Å². The number of hydrogen-bond donors (Lipinski definition) is 0. The Morgan fingerprint density at radius 1 is 0.762 bits per heavy atom. The summed E-state index contributed by atoms with van der Waals surface area (Å²) >= 11 is 0. The van der Waals surface area contributed by atoms with Crippen LogP contribution in [0.25, 0.3) is 0 Å². The molecular weight excluding hydrogens is 264 g/mol. The maximum atomic E-state index is 11.1. The summed E-state index contributed by atoms with van der Waals surface area (Å²) in [5.74, 6) is 1.20. The molecule has 0 amide bonds. The van der Waals surface area contributed by atoms with Crippen LogP contribution in [0.3, 0.4) is 0 Å². The van der Waals surface area contributed by atoms with Crippen molar-refractivity contribution in [3.05, 3.63) is 0 Å². The van der Waals surface area contributed by atoms with Crippen LogP contribution in [0.5, 0.6) is 0 Å². The van der Waals surface area contributed by atoms with Crippen LogP contribution in [-0.2, 0) is 9.59 Å². The van der Waals surface area contributed by atoms with Crippen molar-refractivity contribution in [2.75, 3.05) is 0 Å². The third-order valence-electron chi connectivity index (χ3n) is 5.76. The van der Waals surface area contributed by atoms with E-state index >= 15 is 0 Å². The Labute approximate surface area is 127 Å². The molecule has 2 aliphatic carbocycles. The molecule has 0 aromatic rings. The molecule has 4 unspecified atom stereocenters. The SMILES string of the molecule is CC1CCCCC1C(N=C=O)(N=C=O)C1CCCCC1C. The maximum absolute atomic E-state index is 11.1. The van der Waals surface area contributed by atoms with Crippen molar-refractivity contribution in [3.63, 3.8) is 0 Å². The van der Waals surface area contributed by atoms with E-state index in [9.17, 15) is 9.59 Å². The molecule has 0 N–H and O–H groups in total. The average molecular weight is 290 g/mol. The Bertz CT molecular complexity index is 408. The molecule has 0 aromatic heterocycles. The molecule has 0 aromatic carbocycles. The summed E-state index contributed by atoms with van der Waals surface area (Å²) in [6.45, 7) is 4.40. The van der Waals surface area contributed by atoms with Crippen LogP contribution in [0.15, 0.2) is 9.98 Å². The maximum Gasteiger partial charge on any atom is 0.237 e. The summed E-state index contributed by atoms with van der Waals surface area (Å²) in [6.07, 6.45) is 12.4. The molecule has 0 saturated heterocycles. The standard InChI is InChI=1S/C17H26N2O2/c1-13-7-3-5-9-15(13)17(18-11-20,19-12-21)16-10-6-4-8-14(16)2/h13-16H,3-10H2,1-2H3. The van der Waals surface area contributed by atoms with E-state index in [0.717, 1.165) is 38.5 Å². The van der Waals surface area contributed by atoms with E-state index in [1.165, 1.54) is 12.8 Å². The quantitative estimate of drug-likeness (QED) is 0.580. The topological polar surface area (TPSA) is 58.9 Å². The summed E-state index contributed by atoms with van der Waals surface area (Å²) < 4.78 is 0. The monoisotopic (exact) mass is 290 g/mol. The normalized spacial score (nSPS) is 35.9. The smallest absolute Gasteiger partial charge is 0.211 e. The Morgan fingerprint density at radius 2 is 1.14 bits per heavy atom. The summed E-state index contributed by atoms with van der Waals surface area (Å²) in [7, 11) is 0. The first-order valence-corrected chi connectivity index (χ1v) is 8.33. The Balaban J connectivity index is 2.45. The lowest BCUT2D eigenvalue weighted by atomic mass is 9.63. The van der Waals surface area contributed by atoms with Gasteiger partial charge in [-0.2, -0.15) is 9.98 Å². The van der Waals surface area contributed by atoms with Crippen LogP contribution in [0.1, 0.15) is 65.2 Å². The molecule has 2 rings (SSSR count). The predicted octanol–water partition coefficient (Wildman–Crippen LogP) is 4.01. The van der Waals surface area contributed by atoms with Gasteiger partial charge in [0.2, 0.25) is 12.2 Å². The number of aliphatic imine (C=N–C) groups is 2. The lowest BCUT2D eigenvalue weighted by Crippen LogP contribution is -2.48. The summed E-state index contributed by atoms with van der Waals surface area (Å²) in [6, 6.07) is 0. The van der Waals surface area contributed by atoms with E-state index in [2.05, 4.69) is 23.8 Å². The molecule has 4 atom stereocenters. The average Bonchev–Trinajstić information content (AvgIpc) is 2.48. The molecule has 4 heteroatoms. The fourth-order valence-electron chi connectivity index (χ4n) is 4.67. The largest absolute Gasteiger partial charge is 0.237 e. The van der Waals surface area contributed by atoms with Crippen molar-refractivity contribution in [1.29, 1.82) is 0 Å². The molecule has 4 nitrogen and oxygen atoms in total. The van der Waals surface area contributed by atoms with Crippen molar-refractivity contribution >= 4 is 12.2 Å². The summed E-state index contributed by atoms with van der Waals surface area (Å²) in [5.41, 5.74) is -0.914. The summed E-state index contributed by atoms with van der Waals surface area (Å²) in [4.78, 5) is 30.5. The van der Waals surface area contributed by atoms with Crippen LogP contribution >= 0.6 is 0 Å². The van der Waals surface area contributed by atoms with Gasteiger partial charge in [0.05, 0.1) is 0 Å². The van der Waals surface area contributed by atoms with Crippen LogP contribution in [0.2, 0.25) is 0 Å². The molecule has 2 fully saturated rings. The van der Waals surface area contributed by atoms with Crippen LogP contribution in [0, 0.1) is 23.7 Å². The van der Waals surface area contributed by atoms with Gasteiger partial charge >= 0.3 is 0 Å². The first-order chi connectivity index (χ1) is 10.2. The molecule has 2 aliphatic rings. The number of rotatable bonds is 4. The first kappa shape index (κ1) is 16.1. The molecule has 116 valence electrons. The van der Waals surface area contributed by atoms with Gasteiger partial charge in [0, 0.05) is 11.8 Å². The van der Waals surface area contributed by atoms with Crippen molar-refractivity contribution in [2.45, 2.75) is 70.9 Å². The molecule has 2 saturated carbocycles. The Kier molecular flexibility index (Phi) is 5.50. The first-order valence-electron chi connectivity index (χ1n) is 8.33. The minimum atomic E-state index is -0.914. The van der Waals surface area contributed by atoms with E-state index in [-0.39, 0.29) is 11.8 Å². The second-order valence-corrected chi connectivity index (χ2v) is 6.93.